The second kappa shape index (κ2) is 8.78. The van der Waals surface area contributed by atoms with Crippen molar-refractivity contribution in [3.63, 3.8) is 0 Å². The van der Waals surface area contributed by atoms with Crippen molar-refractivity contribution in [3.05, 3.63) is 105 Å². The molecule has 0 atom stereocenters. The van der Waals surface area contributed by atoms with Gasteiger partial charge < -0.3 is 10.2 Å². The third-order valence-corrected chi connectivity index (χ3v) is 6.08. The van der Waals surface area contributed by atoms with Crippen molar-refractivity contribution in [2.75, 3.05) is 16.8 Å². The molecule has 1 aliphatic heterocycles. The van der Waals surface area contributed by atoms with Crippen LogP contribution in [0.5, 0.6) is 0 Å². The summed E-state index contributed by atoms with van der Waals surface area (Å²) in [7, 11) is 0. The van der Waals surface area contributed by atoms with Gasteiger partial charge in [-0.2, -0.15) is 0 Å². The molecule has 0 fully saturated rings. The van der Waals surface area contributed by atoms with Gasteiger partial charge in [0.15, 0.2) is 0 Å². The Morgan fingerprint density at radius 2 is 1.64 bits per heavy atom. The highest BCUT2D eigenvalue weighted by atomic mass is 16.2. The van der Waals surface area contributed by atoms with E-state index in [1.165, 1.54) is 15.9 Å². The lowest BCUT2D eigenvalue weighted by Gasteiger charge is -2.21. The number of rotatable bonds is 6. The maximum Gasteiger partial charge on any atom is 0.273 e. The lowest BCUT2D eigenvalue weighted by Crippen LogP contribution is -2.31. The van der Waals surface area contributed by atoms with Crippen molar-refractivity contribution in [2.45, 2.75) is 25.9 Å². The predicted molar refractivity (Wildman–Crippen MR) is 130 cm³/mol. The van der Waals surface area contributed by atoms with Crippen LogP contribution >= 0.6 is 0 Å². The zero-order valence-corrected chi connectivity index (χ0v) is 18.1. The second-order valence-corrected chi connectivity index (χ2v) is 8.20. The number of aryl methyl sites for hydroxylation is 1. The number of H-pyrrole nitrogens is 1. The molecule has 4 aromatic rings. The van der Waals surface area contributed by atoms with E-state index < -0.39 is 0 Å². The van der Waals surface area contributed by atoms with E-state index in [1.807, 2.05) is 30.3 Å². The molecular formula is C26H24N4O3. The number of nitrogens with one attached hydrogen (secondary N) is 2. The lowest BCUT2D eigenvalue weighted by atomic mass is 10.1. The minimum absolute atomic E-state index is 0.0646. The van der Waals surface area contributed by atoms with Gasteiger partial charge in [0.1, 0.15) is 0 Å². The number of carbonyl (C=O) groups excluding carboxylic acids is 1. The quantitative estimate of drug-likeness (QED) is 0.482. The summed E-state index contributed by atoms with van der Waals surface area (Å²) in [6.45, 7) is 1.73. The van der Waals surface area contributed by atoms with Crippen molar-refractivity contribution in [3.8, 4) is 0 Å². The van der Waals surface area contributed by atoms with Crippen LogP contribution < -0.4 is 21.3 Å². The highest BCUT2D eigenvalue weighted by Gasteiger charge is 2.19. The van der Waals surface area contributed by atoms with Crippen LogP contribution in [0.3, 0.4) is 0 Å². The zero-order chi connectivity index (χ0) is 22.8. The standard InChI is InChI=1S/C26H24N4O3/c31-24(14-16-30-26(33)21-10-4-3-9-20(21)25(32)28-30)27-22-11-5-1-8-19(22)17-29-15-13-18-7-2-6-12-23(18)29/h1-12H,13-17H2,(H,27,31)(H,28,32). The minimum atomic E-state index is -0.346. The number of carbonyl (C=O) groups is 1. The lowest BCUT2D eigenvalue weighted by molar-refractivity contribution is -0.116. The Kier molecular flexibility index (Phi) is 5.52. The summed E-state index contributed by atoms with van der Waals surface area (Å²) in [5, 5.41) is 6.24. The molecule has 0 spiro atoms. The molecule has 1 amide bonds. The van der Waals surface area contributed by atoms with Gasteiger partial charge in [0.25, 0.3) is 11.1 Å². The molecule has 3 aromatic carbocycles. The molecule has 7 nitrogen and oxygen atoms in total. The van der Waals surface area contributed by atoms with Crippen molar-refractivity contribution in [1.29, 1.82) is 0 Å². The fourth-order valence-electron chi connectivity index (χ4n) is 4.39. The average Bonchev–Trinajstić information content (AvgIpc) is 3.24. The van der Waals surface area contributed by atoms with Gasteiger partial charge in [-0.05, 0) is 41.8 Å². The van der Waals surface area contributed by atoms with Gasteiger partial charge in [-0.1, -0.05) is 48.5 Å². The van der Waals surface area contributed by atoms with Gasteiger partial charge in [-0.3, -0.25) is 19.5 Å². The molecule has 2 heterocycles. The summed E-state index contributed by atoms with van der Waals surface area (Å²) in [4.78, 5) is 39.9. The zero-order valence-electron chi connectivity index (χ0n) is 18.1. The van der Waals surface area contributed by atoms with E-state index in [1.54, 1.807) is 24.3 Å². The van der Waals surface area contributed by atoms with Gasteiger partial charge in [-0.25, -0.2) is 4.68 Å². The summed E-state index contributed by atoms with van der Waals surface area (Å²) in [6, 6.07) is 22.8. The number of hydrogen-bond donors (Lipinski definition) is 2. The van der Waals surface area contributed by atoms with Crippen LogP contribution in [0.4, 0.5) is 11.4 Å². The molecule has 7 heteroatoms. The highest BCUT2D eigenvalue weighted by molar-refractivity contribution is 5.91. The Morgan fingerprint density at radius 3 is 2.52 bits per heavy atom. The van der Waals surface area contributed by atoms with E-state index in [2.05, 4.69) is 33.5 Å². The Labute approximate surface area is 190 Å². The van der Waals surface area contributed by atoms with Crippen LogP contribution in [0, 0.1) is 0 Å². The molecule has 0 saturated carbocycles. The fourth-order valence-corrected chi connectivity index (χ4v) is 4.39. The van der Waals surface area contributed by atoms with Crippen LogP contribution in [0.1, 0.15) is 17.5 Å². The molecule has 33 heavy (non-hydrogen) atoms. The van der Waals surface area contributed by atoms with Gasteiger partial charge in [0.05, 0.1) is 17.3 Å². The molecule has 0 radical (unpaired) electrons. The third kappa shape index (κ3) is 4.17. The van der Waals surface area contributed by atoms with Gasteiger partial charge in [0.2, 0.25) is 5.91 Å². The highest BCUT2D eigenvalue weighted by Crippen LogP contribution is 2.30. The fraction of sp³-hybridized carbons (Fsp3) is 0.192. The number of para-hydroxylation sites is 2. The molecule has 1 aromatic heterocycles. The summed E-state index contributed by atoms with van der Waals surface area (Å²) in [5.41, 5.74) is 3.70. The topological polar surface area (TPSA) is 87.2 Å². The monoisotopic (exact) mass is 440 g/mol. The van der Waals surface area contributed by atoms with E-state index >= 15 is 0 Å². The molecule has 166 valence electrons. The smallest absolute Gasteiger partial charge is 0.273 e. The maximum absolute atomic E-state index is 12.7. The normalized spacial score (nSPS) is 12.7. The minimum Gasteiger partial charge on any atom is -0.367 e. The predicted octanol–water partition coefficient (Wildman–Crippen LogP) is 3.28. The van der Waals surface area contributed by atoms with Gasteiger partial charge in [-0.15, -0.1) is 0 Å². The van der Waals surface area contributed by atoms with Crippen molar-refractivity contribution >= 4 is 28.1 Å². The van der Waals surface area contributed by atoms with Crippen LogP contribution in [0.2, 0.25) is 0 Å². The summed E-state index contributed by atoms with van der Waals surface area (Å²) in [6.07, 6.45) is 1.08. The van der Waals surface area contributed by atoms with Gasteiger partial charge >= 0.3 is 0 Å². The first-order chi connectivity index (χ1) is 16.1. The largest absolute Gasteiger partial charge is 0.367 e. The maximum atomic E-state index is 12.7. The van der Waals surface area contributed by atoms with E-state index in [0.717, 1.165) is 24.2 Å². The van der Waals surface area contributed by atoms with Crippen molar-refractivity contribution in [1.82, 2.24) is 9.78 Å². The Morgan fingerprint density at radius 1 is 0.909 bits per heavy atom. The van der Waals surface area contributed by atoms with Crippen LogP contribution in [-0.2, 0) is 24.3 Å². The number of hydrogen-bond acceptors (Lipinski definition) is 4. The molecule has 1 aliphatic rings. The molecule has 0 saturated heterocycles. The number of benzene rings is 3. The first-order valence-electron chi connectivity index (χ1n) is 11.0. The molecular weight excluding hydrogens is 416 g/mol. The number of aromatic amines is 1. The summed E-state index contributed by atoms with van der Waals surface area (Å²) in [5.74, 6) is -0.217. The van der Waals surface area contributed by atoms with Crippen LogP contribution in [0.15, 0.2) is 82.4 Å². The van der Waals surface area contributed by atoms with E-state index in [9.17, 15) is 14.4 Å². The number of aromatic nitrogens is 2. The number of amides is 1. The van der Waals surface area contributed by atoms with Crippen LogP contribution in [0.25, 0.3) is 10.8 Å². The SMILES string of the molecule is O=C(CCn1[nH]c(=O)c2ccccc2c1=O)Nc1ccccc1CN1CCc2ccccc21. The first kappa shape index (κ1) is 20.8. The summed E-state index contributed by atoms with van der Waals surface area (Å²) < 4.78 is 1.21. The molecule has 0 bridgehead atoms. The van der Waals surface area contributed by atoms with E-state index in [0.29, 0.717) is 17.3 Å². The Balaban J connectivity index is 1.29. The van der Waals surface area contributed by atoms with Crippen LogP contribution in [-0.4, -0.2) is 22.2 Å². The number of nitrogens with zero attached hydrogens (tertiary/aromatic N) is 2. The average molecular weight is 441 g/mol. The third-order valence-electron chi connectivity index (χ3n) is 6.08. The first-order valence-corrected chi connectivity index (χ1v) is 11.0. The Hall–Kier alpha value is -4.13. The van der Waals surface area contributed by atoms with Crippen molar-refractivity contribution in [2.24, 2.45) is 0 Å². The Bertz CT molecular complexity index is 1450. The second-order valence-electron chi connectivity index (χ2n) is 8.20. The molecule has 0 aliphatic carbocycles. The number of anilines is 2. The summed E-state index contributed by atoms with van der Waals surface area (Å²) >= 11 is 0. The van der Waals surface area contributed by atoms with E-state index in [4.69, 9.17) is 0 Å². The number of fused-ring (bicyclic) bond motifs is 2. The molecule has 2 N–H and O–H groups in total. The molecule has 0 unspecified atom stereocenters. The van der Waals surface area contributed by atoms with Crippen molar-refractivity contribution < 1.29 is 4.79 Å². The molecule has 5 rings (SSSR count). The van der Waals surface area contributed by atoms with Gasteiger partial charge in [0, 0.05) is 30.9 Å². The van der Waals surface area contributed by atoms with E-state index in [-0.39, 0.29) is 30.0 Å².